The maximum absolute atomic E-state index is 5.96. The van der Waals surface area contributed by atoms with Gasteiger partial charge in [-0.25, -0.2) is 0 Å². The van der Waals surface area contributed by atoms with Crippen LogP contribution >= 0.6 is 0 Å². The summed E-state index contributed by atoms with van der Waals surface area (Å²) in [5, 5.41) is 5.12. The van der Waals surface area contributed by atoms with Crippen LogP contribution in [0.4, 0.5) is 0 Å². The fraction of sp³-hybridized carbons (Fsp3) is 0.185. The lowest BCUT2D eigenvalue weighted by atomic mass is 9.94. The van der Waals surface area contributed by atoms with Crippen LogP contribution in [0.15, 0.2) is 83.3 Å². The molecule has 0 amide bonds. The molecule has 4 aromatic carbocycles. The summed E-state index contributed by atoms with van der Waals surface area (Å²) in [6, 6.07) is 28.4. The van der Waals surface area contributed by atoms with Crippen molar-refractivity contribution in [2.75, 3.05) is 0 Å². The monoisotopic (exact) mass is 364 g/mol. The van der Waals surface area contributed by atoms with Crippen molar-refractivity contribution < 1.29 is 4.42 Å². The average molecular weight is 364 g/mol. The molecule has 1 heterocycles. The fourth-order valence-corrected chi connectivity index (χ4v) is 4.25. The van der Waals surface area contributed by atoms with E-state index in [0.29, 0.717) is 5.92 Å². The molecule has 0 atom stereocenters. The zero-order valence-electron chi connectivity index (χ0n) is 16.4. The first kappa shape index (κ1) is 17.1. The summed E-state index contributed by atoms with van der Waals surface area (Å²) in [4.78, 5) is 0. The Morgan fingerprint density at radius 3 is 2.36 bits per heavy atom. The van der Waals surface area contributed by atoms with Crippen LogP contribution in [0, 0.1) is 5.92 Å². The first-order valence-corrected chi connectivity index (χ1v) is 10.1. The van der Waals surface area contributed by atoms with E-state index in [1.54, 1.807) is 0 Å². The minimum absolute atomic E-state index is 0.668. The summed E-state index contributed by atoms with van der Waals surface area (Å²) in [6.07, 6.45) is 2.06. The first-order chi connectivity index (χ1) is 13.7. The molecule has 0 aliphatic rings. The van der Waals surface area contributed by atoms with E-state index in [0.717, 1.165) is 24.0 Å². The van der Waals surface area contributed by atoms with Gasteiger partial charge in [-0.1, -0.05) is 74.5 Å². The van der Waals surface area contributed by atoms with Gasteiger partial charge in [0, 0.05) is 10.8 Å². The van der Waals surface area contributed by atoms with Gasteiger partial charge in [-0.3, -0.25) is 0 Å². The third-order valence-electron chi connectivity index (χ3n) is 5.51. The van der Waals surface area contributed by atoms with Crippen molar-refractivity contribution >= 4 is 32.7 Å². The molecule has 28 heavy (non-hydrogen) atoms. The maximum Gasteiger partial charge on any atom is 0.135 e. The zero-order valence-corrected chi connectivity index (χ0v) is 16.4. The van der Waals surface area contributed by atoms with Crippen LogP contribution in [0.5, 0.6) is 0 Å². The molecule has 0 radical (unpaired) electrons. The van der Waals surface area contributed by atoms with E-state index < -0.39 is 0 Å². The van der Waals surface area contributed by atoms with Crippen molar-refractivity contribution in [3.05, 3.63) is 95.6 Å². The third kappa shape index (κ3) is 3.07. The van der Waals surface area contributed by atoms with E-state index in [-0.39, 0.29) is 0 Å². The van der Waals surface area contributed by atoms with Crippen LogP contribution in [0.3, 0.4) is 0 Å². The first-order valence-electron chi connectivity index (χ1n) is 10.1. The summed E-state index contributed by atoms with van der Waals surface area (Å²) in [7, 11) is 0. The summed E-state index contributed by atoms with van der Waals surface area (Å²) in [6.45, 7) is 4.56. The lowest BCUT2D eigenvalue weighted by molar-refractivity contribution is 0.650. The Labute approximate surface area is 165 Å². The number of rotatable bonds is 4. The van der Waals surface area contributed by atoms with Gasteiger partial charge in [-0.05, 0) is 64.4 Å². The lowest BCUT2D eigenvalue weighted by Crippen LogP contribution is -1.95. The summed E-state index contributed by atoms with van der Waals surface area (Å²) in [5.74, 6) is 0.668. The van der Waals surface area contributed by atoms with E-state index in [1.807, 2.05) is 12.1 Å². The van der Waals surface area contributed by atoms with Gasteiger partial charge in [-0.2, -0.15) is 0 Å². The van der Waals surface area contributed by atoms with Crippen LogP contribution < -0.4 is 0 Å². The smallest absolute Gasteiger partial charge is 0.135 e. The maximum atomic E-state index is 5.96. The Balaban J connectivity index is 1.51. The van der Waals surface area contributed by atoms with Gasteiger partial charge in [0.25, 0.3) is 0 Å². The number of furan rings is 1. The minimum atomic E-state index is 0.668. The molecule has 0 aliphatic carbocycles. The molecule has 0 fully saturated rings. The molecule has 1 heteroatoms. The van der Waals surface area contributed by atoms with Gasteiger partial charge in [0.15, 0.2) is 0 Å². The molecule has 5 rings (SSSR count). The van der Waals surface area contributed by atoms with Crippen LogP contribution in [-0.4, -0.2) is 0 Å². The van der Waals surface area contributed by atoms with E-state index in [2.05, 4.69) is 80.6 Å². The topological polar surface area (TPSA) is 13.1 Å². The summed E-state index contributed by atoms with van der Waals surface area (Å²) < 4.78 is 5.96. The summed E-state index contributed by atoms with van der Waals surface area (Å²) in [5.41, 5.74) is 6.03. The molecule has 138 valence electrons. The van der Waals surface area contributed by atoms with Crippen molar-refractivity contribution in [3.63, 3.8) is 0 Å². The molecule has 1 nitrogen and oxygen atoms in total. The van der Waals surface area contributed by atoms with Crippen LogP contribution in [0.2, 0.25) is 0 Å². The Hall–Kier alpha value is -3.06. The molecule has 0 saturated heterocycles. The Kier molecular flexibility index (Phi) is 4.16. The SMILES string of the molecule is CC(C)Cc1cccc2cc(Cc3ccc4oc5ccccc5c4c3)ccc12. The summed E-state index contributed by atoms with van der Waals surface area (Å²) >= 11 is 0. The number of hydrogen-bond acceptors (Lipinski definition) is 1. The number of fused-ring (bicyclic) bond motifs is 4. The molecule has 1 aromatic heterocycles. The highest BCUT2D eigenvalue weighted by Crippen LogP contribution is 2.30. The molecule has 0 aliphatic heterocycles. The second-order valence-corrected chi connectivity index (χ2v) is 8.18. The third-order valence-corrected chi connectivity index (χ3v) is 5.51. The molecule has 0 N–H and O–H groups in total. The molecule has 0 bridgehead atoms. The quantitative estimate of drug-likeness (QED) is 0.321. The van der Waals surface area contributed by atoms with Crippen LogP contribution in [0.1, 0.15) is 30.5 Å². The van der Waals surface area contributed by atoms with E-state index >= 15 is 0 Å². The van der Waals surface area contributed by atoms with Gasteiger partial charge >= 0.3 is 0 Å². The Morgan fingerprint density at radius 2 is 1.46 bits per heavy atom. The molecule has 0 unspecified atom stereocenters. The second kappa shape index (κ2) is 6.83. The second-order valence-electron chi connectivity index (χ2n) is 8.18. The highest BCUT2D eigenvalue weighted by Gasteiger charge is 2.08. The number of para-hydroxylation sites is 1. The molecule has 0 spiro atoms. The van der Waals surface area contributed by atoms with Crippen molar-refractivity contribution in [1.82, 2.24) is 0 Å². The van der Waals surface area contributed by atoms with Crippen molar-refractivity contribution in [2.24, 2.45) is 5.92 Å². The normalized spacial score (nSPS) is 11.8. The molecule has 5 aromatic rings. The zero-order chi connectivity index (χ0) is 19.1. The van der Waals surface area contributed by atoms with Gasteiger partial charge in [0.1, 0.15) is 11.2 Å². The van der Waals surface area contributed by atoms with Crippen LogP contribution in [-0.2, 0) is 12.8 Å². The fourth-order valence-electron chi connectivity index (χ4n) is 4.25. The van der Waals surface area contributed by atoms with Crippen LogP contribution in [0.25, 0.3) is 32.7 Å². The van der Waals surface area contributed by atoms with Gasteiger partial charge in [0.05, 0.1) is 0 Å². The van der Waals surface area contributed by atoms with E-state index in [4.69, 9.17) is 4.42 Å². The highest BCUT2D eigenvalue weighted by atomic mass is 16.3. The Morgan fingerprint density at radius 1 is 0.679 bits per heavy atom. The largest absolute Gasteiger partial charge is 0.456 e. The van der Waals surface area contributed by atoms with E-state index in [9.17, 15) is 0 Å². The van der Waals surface area contributed by atoms with Crippen molar-refractivity contribution in [3.8, 4) is 0 Å². The predicted octanol–water partition coefficient (Wildman–Crippen LogP) is 7.53. The van der Waals surface area contributed by atoms with Gasteiger partial charge in [0.2, 0.25) is 0 Å². The van der Waals surface area contributed by atoms with Crippen molar-refractivity contribution in [2.45, 2.75) is 26.7 Å². The van der Waals surface area contributed by atoms with Crippen molar-refractivity contribution in [1.29, 1.82) is 0 Å². The highest BCUT2D eigenvalue weighted by molar-refractivity contribution is 6.05. The van der Waals surface area contributed by atoms with Gasteiger partial charge in [-0.15, -0.1) is 0 Å². The molecule has 0 saturated carbocycles. The van der Waals surface area contributed by atoms with E-state index in [1.165, 1.54) is 38.2 Å². The number of benzene rings is 4. The average Bonchev–Trinajstić information content (AvgIpc) is 3.06. The molecular formula is C27H24O. The minimum Gasteiger partial charge on any atom is -0.456 e. The van der Waals surface area contributed by atoms with Gasteiger partial charge < -0.3 is 4.42 Å². The standard InChI is InChI=1S/C27H24O/c1-18(2)14-21-6-5-7-22-16-19(10-12-23(21)22)15-20-11-13-27-25(17-20)24-8-3-4-9-26(24)28-27/h3-13,16-18H,14-15H2,1-2H3. The lowest BCUT2D eigenvalue weighted by Gasteiger charge is -2.10. The number of hydrogen-bond donors (Lipinski definition) is 0. The predicted molar refractivity (Wildman–Crippen MR) is 119 cm³/mol. The molecular weight excluding hydrogens is 340 g/mol. The Bertz CT molecular complexity index is 1290.